The van der Waals surface area contributed by atoms with Crippen molar-refractivity contribution < 1.29 is 15.0 Å². The summed E-state index contributed by atoms with van der Waals surface area (Å²) in [5.41, 5.74) is 5.05. The molecule has 1 aromatic rings. The van der Waals surface area contributed by atoms with Crippen molar-refractivity contribution in [3.05, 3.63) is 47.0 Å². The van der Waals surface area contributed by atoms with Gasteiger partial charge >= 0.3 is 0 Å². The molecule has 0 heterocycles. The molecule has 1 aliphatic rings. The molecule has 22 heavy (non-hydrogen) atoms. The van der Waals surface area contributed by atoms with Gasteiger partial charge in [-0.25, -0.2) is 0 Å². The van der Waals surface area contributed by atoms with Crippen LogP contribution in [-0.4, -0.2) is 36.3 Å². The second-order valence-electron chi connectivity index (χ2n) is 6.70. The number of rotatable bonds is 2. The SMILES string of the molecule is C[Si](C)(C)C#CC1=C(C(=O)c2ccccc2)C[C@@H](O)[C@@H](O)C1. The molecular weight excluding hydrogens is 292 g/mol. The number of hydrogen-bond donors (Lipinski definition) is 2. The van der Waals surface area contributed by atoms with Crippen LogP contribution in [0.4, 0.5) is 0 Å². The number of aliphatic hydroxyl groups is 2. The van der Waals surface area contributed by atoms with Crippen molar-refractivity contribution in [2.75, 3.05) is 0 Å². The summed E-state index contributed by atoms with van der Waals surface area (Å²) in [5.74, 6) is 3.01. The molecule has 2 atom stereocenters. The molecule has 0 aromatic heterocycles. The lowest BCUT2D eigenvalue weighted by Gasteiger charge is -2.26. The van der Waals surface area contributed by atoms with Gasteiger partial charge in [0.2, 0.25) is 0 Å². The first-order chi connectivity index (χ1) is 10.3. The number of carbonyl (C=O) groups is 1. The van der Waals surface area contributed by atoms with Crippen LogP contribution >= 0.6 is 0 Å². The van der Waals surface area contributed by atoms with Crippen LogP contribution in [0.25, 0.3) is 0 Å². The average Bonchev–Trinajstić information content (AvgIpc) is 2.47. The minimum absolute atomic E-state index is 0.105. The first-order valence-electron chi connectivity index (χ1n) is 7.49. The molecule has 0 spiro atoms. The summed E-state index contributed by atoms with van der Waals surface area (Å²) >= 11 is 0. The minimum Gasteiger partial charge on any atom is -0.390 e. The van der Waals surface area contributed by atoms with Gasteiger partial charge in [-0.05, 0) is 0 Å². The van der Waals surface area contributed by atoms with Crippen molar-refractivity contribution in [2.45, 2.75) is 44.7 Å². The van der Waals surface area contributed by atoms with E-state index in [4.69, 9.17) is 0 Å². The van der Waals surface area contributed by atoms with E-state index in [1.54, 1.807) is 12.1 Å². The highest BCUT2D eigenvalue weighted by Crippen LogP contribution is 2.28. The first-order valence-corrected chi connectivity index (χ1v) is 11.0. The van der Waals surface area contributed by atoms with E-state index in [9.17, 15) is 15.0 Å². The highest BCUT2D eigenvalue weighted by molar-refractivity contribution is 6.83. The Hall–Kier alpha value is -1.67. The molecule has 0 fully saturated rings. The molecule has 0 aliphatic heterocycles. The molecule has 2 N–H and O–H groups in total. The van der Waals surface area contributed by atoms with E-state index >= 15 is 0 Å². The number of carbonyl (C=O) groups excluding carboxylic acids is 1. The van der Waals surface area contributed by atoms with Crippen LogP contribution in [0, 0.1) is 11.5 Å². The maximum absolute atomic E-state index is 12.7. The van der Waals surface area contributed by atoms with Gasteiger partial charge in [0, 0.05) is 29.6 Å². The van der Waals surface area contributed by atoms with E-state index in [0.717, 1.165) is 0 Å². The van der Waals surface area contributed by atoms with Crippen LogP contribution < -0.4 is 0 Å². The predicted octanol–water partition coefficient (Wildman–Crippen LogP) is 2.56. The topological polar surface area (TPSA) is 57.5 Å². The van der Waals surface area contributed by atoms with Crippen LogP contribution in [0.3, 0.4) is 0 Å². The molecule has 1 aromatic carbocycles. The Labute approximate surface area is 132 Å². The fraction of sp³-hybridized carbons (Fsp3) is 0.389. The molecule has 0 saturated carbocycles. The second-order valence-corrected chi connectivity index (χ2v) is 11.4. The fourth-order valence-electron chi connectivity index (χ4n) is 2.32. The van der Waals surface area contributed by atoms with Crippen LogP contribution in [-0.2, 0) is 0 Å². The van der Waals surface area contributed by atoms with Gasteiger partial charge < -0.3 is 10.2 Å². The van der Waals surface area contributed by atoms with Crippen molar-refractivity contribution in [1.29, 1.82) is 0 Å². The van der Waals surface area contributed by atoms with E-state index in [0.29, 0.717) is 16.7 Å². The predicted molar refractivity (Wildman–Crippen MR) is 90.2 cm³/mol. The zero-order chi connectivity index (χ0) is 16.3. The van der Waals surface area contributed by atoms with E-state index < -0.39 is 20.3 Å². The van der Waals surface area contributed by atoms with Gasteiger partial charge in [0.15, 0.2) is 5.78 Å². The summed E-state index contributed by atoms with van der Waals surface area (Å²) in [6, 6.07) is 9.01. The number of aliphatic hydroxyl groups excluding tert-OH is 2. The standard InChI is InChI=1S/C18H22O3Si/c1-22(2,3)10-9-14-11-16(19)17(20)12-15(14)18(21)13-7-5-4-6-8-13/h4-8,16-17,19-20H,11-12H2,1-3H3/t16-,17+/m0/s1. The molecule has 0 radical (unpaired) electrons. The summed E-state index contributed by atoms with van der Waals surface area (Å²) in [6.45, 7) is 6.40. The van der Waals surface area contributed by atoms with Gasteiger partial charge in [-0.2, -0.15) is 0 Å². The zero-order valence-corrected chi connectivity index (χ0v) is 14.3. The Morgan fingerprint density at radius 3 is 2.27 bits per heavy atom. The Bertz CT molecular complexity index is 644. The van der Waals surface area contributed by atoms with E-state index in [-0.39, 0.29) is 18.6 Å². The maximum atomic E-state index is 12.7. The average molecular weight is 314 g/mol. The zero-order valence-electron chi connectivity index (χ0n) is 13.3. The van der Waals surface area contributed by atoms with Crippen molar-refractivity contribution in [3.8, 4) is 11.5 Å². The van der Waals surface area contributed by atoms with Gasteiger partial charge in [-0.15, -0.1) is 5.54 Å². The van der Waals surface area contributed by atoms with Crippen molar-refractivity contribution in [2.24, 2.45) is 0 Å². The van der Waals surface area contributed by atoms with Crippen molar-refractivity contribution >= 4 is 13.9 Å². The Morgan fingerprint density at radius 2 is 1.68 bits per heavy atom. The third-order valence-corrected chi connectivity index (χ3v) is 4.41. The monoisotopic (exact) mass is 314 g/mol. The Kier molecular flexibility index (Phi) is 5.02. The largest absolute Gasteiger partial charge is 0.390 e. The van der Waals surface area contributed by atoms with E-state index in [1.807, 2.05) is 18.2 Å². The molecule has 0 bridgehead atoms. The summed E-state index contributed by atoms with van der Waals surface area (Å²) in [5, 5.41) is 19.8. The lowest BCUT2D eigenvalue weighted by molar-refractivity contribution is 0.0150. The third-order valence-electron chi connectivity index (χ3n) is 3.53. The van der Waals surface area contributed by atoms with Crippen LogP contribution in [0.2, 0.25) is 19.6 Å². The lowest BCUT2D eigenvalue weighted by Crippen LogP contribution is -2.33. The summed E-state index contributed by atoms with van der Waals surface area (Å²) in [4.78, 5) is 12.7. The first kappa shape index (κ1) is 16.7. The van der Waals surface area contributed by atoms with Crippen LogP contribution in [0.1, 0.15) is 23.2 Å². The summed E-state index contributed by atoms with van der Waals surface area (Å²) < 4.78 is 0. The summed E-state index contributed by atoms with van der Waals surface area (Å²) in [7, 11) is -1.57. The molecule has 0 amide bonds. The normalized spacial score (nSPS) is 22.0. The van der Waals surface area contributed by atoms with Crippen molar-refractivity contribution in [3.63, 3.8) is 0 Å². The van der Waals surface area contributed by atoms with Crippen LogP contribution in [0.15, 0.2) is 41.5 Å². The number of ketones is 1. The summed E-state index contributed by atoms with van der Waals surface area (Å²) in [6.07, 6.45) is -1.35. The molecule has 2 rings (SSSR count). The molecular formula is C18H22O3Si. The van der Waals surface area contributed by atoms with E-state index in [2.05, 4.69) is 31.1 Å². The molecule has 4 heteroatoms. The van der Waals surface area contributed by atoms with Gasteiger partial charge in [-0.1, -0.05) is 55.9 Å². The quantitative estimate of drug-likeness (QED) is 0.501. The fourth-order valence-corrected chi connectivity index (χ4v) is 2.85. The van der Waals surface area contributed by atoms with Crippen molar-refractivity contribution in [1.82, 2.24) is 0 Å². The lowest BCUT2D eigenvalue weighted by atomic mass is 9.84. The highest BCUT2D eigenvalue weighted by atomic mass is 28.3. The Morgan fingerprint density at radius 1 is 1.09 bits per heavy atom. The molecule has 3 nitrogen and oxygen atoms in total. The van der Waals surface area contributed by atoms with Gasteiger partial charge in [0.05, 0.1) is 12.2 Å². The smallest absolute Gasteiger partial charge is 0.190 e. The second kappa shape index (κ2) is 6.61. The van der Waals surface area contributed by atoms with Crippen LogP contribution in [0.5, 0.6) is 0 Å². The van der Waals surface area contributed by atoms with Gasteiger partial charge in [-0.3, -0.25) is 4.79 Å². The molecule has 0 saturated heterocycles. The minimum atomic E-state index is -1.57. The Balaban J connectivity index is 2.44. The highest BCUT2D eigenvalue weighted by Gasteiger charge is 2.30. The van der Waals surface area contributed by atoms with Gasteiger partial charge in [0.1, 0.15) is 8.07 Å². The van der Waals surface area contributed by atoms with Gasteiger partial charge in [0.25, 0.3) is 0 Å². The third kappa shape index (κ3) is 4.17. The number of hydrogen-bond acceptors (Lipinski definition) is 3. The molecule has 0 unspecified atom stereocenters. The van der Waals surface area contributed by atoms with E-state index in [1.165, 1.54) is 0 Å². The molecule has 116 valence electrons. The molecule has 1 aliphatic carbocycles. The number of Topliss-reactive ketones (excluding diaryl/α,β-unsaturated/α-hetero) is 1. The number of benzene rings is 1. The maximum Gasteiger partial charge on any atom is 0.190 e.